The molecule has 0 aliphatic heterocycles. The zero-order valence-corrected chi connectivity index (χ0v) is 3.87. The molecule has 8 heavy (non-hydrogen) atoms. The van der Waals surface area contributed by atoms with Crippen LogP contribution in [0.5, 0.6) is 0 Å². The maximum Gasteiger partial charge on any atom is 0.201 e. The van der Waals surface area contributed by atoms with Crippen molar-refractivity contribution in [2.75, 3.05) is 0 Å². The summed E-state index contributed by atoms with van der Waals surface area (Å²) in [5.41, 5.74) is 0. The lowest BCUT2D eigenvalue weighted by molar-refractivity contribution is -0.110. The first kappa shape index (κ1) is 6.68. The van der Waals surface area contributed by atoms with Gasteiger partial charge in [0.05, 0.1) is 0 Å². The van der Waals surface area contributed by atoms with E-state index in [0.29, 0.717) is 0 Å². The molecule has 0 fully saturated rings. The Labute approximate surface area is 45.1 Å². The number of carbonyl (C=O) groups is 2. The smallest absolute Gasteiger partial charge is 0.201 e. The maximum atomic E-state index is 9.48. The lowest BCUT2D eigenvalue weighted by Crippen LogP contribution is -1.91. The molecule has 0 saturated carbocycles. The zero-order chi connectivity index (χ0) is 6.57. The summed E-state index contributed by atoms with van der Waals surface area (Å²) in [6.45, 7) is 0. The molecule has 0 rings (SSSR count). The molecule has 0 aromatic heterocycles. The number of aliphatic hydroxyl groups is 2. The van der Waals surface area contributed by atoms with Crippen LogP contribution in [0.2, 0.25) is 0 Å². The molecule has 0 radical (unpaired) electrons. The fraction of sp³-hybridized carbons (Fsp3) is 0. The summed E-state index contributed by atoms with van der Waals surface area (Å²) >= 11 is 0. The van der Waals surface area contributed by atoms with Gasteiger partial charge >= 0.3 is 0 Å². The van der Waals surface area contributed by atoms with Gasteiger partial charge in [-0.05, 0) is 0 Å². The van der Waals surface area contributed by atoms with Crippen molar-refractivity contribution >= 4 is 12.6 Å². The Morgan fingerprint density at radius 2 is 1.25 bits per heavy atom. The fourth-order valence-corrected chi connectivity index (χ4v) is 0.121. The van der Waals surface area contributed by atoms with Crippen molar-refractivity contribution in [1.82, 2.24) is 0 Å². The standard InChI is InChI=1S/C4H4O4/c5-1-3(7)4(8)2-6/h1-2,7-8H. The Morgan fingerprint density at radius 1 is 1.00 bits per heavy atom. The van der Waals surface area contributed by atoms with E-state index >= 15 is 0 Å². The molecule has 0 aromatic rings. The zero-order valence-electron chi connectivity index (χ0n) is 3.87. The molecular weight excluding hydrogens is 112 g/mol. The van der Waals surface area contributed by atoms with Crippen molar-refractivity contribution in [1.29, 1.82) is 0 Å². The van der Waals surface area contributed by atoms with Gasteiger partial charge in [-0.2, -0.15) is 0 Å². The average molecular weight is 116 g/mol. The van der Waals surface area contributed by atoms with Crippen LogP contribution in [0, 0.1) is 0 Å². The first-order valence-corrected chi connectivity index (χ1v) is 1.75. The fourth-order valence-electron chi connectivity index (χ4n) is 0.121. The Hall–Kier alpha value is -1.32. The molecule has 0 bridgehead atoms. The monoisotopic (exact) mass is 116 g/mol. The maximum absolute atomic E-state index is 9.48. The van der Waals surface area contributed by atoms with E-state index in [-0.39, 0.29) is 12.6 Å². The number of carbonyl (C=O) groups excluding carboxylic acids is 2. The summed E-state index contributed by atoms with van der Waals surface area (Å²) in [5, 5.41) is 16.3. The Balaban J connectivity index is 4.25. The van der Waals surface area contributed by atoms with Crippen LogP contribution >= 0.6 is 0 Å². The number of aldehydes is 2. The summed E-state index contributed by atoms with van der Waals surface area (Å²) in [6, 6.07) is 0. The summed E-state index contributed by atoms with van der Waals surface area (Å²) in [5.74, 6) is -1.89. The molecule has 2 N–H and O–H groups in total. The third kappa shape index (κ3) is 1.42. The average Bonchev–Trinajstić information content (AvgIpc) is 1.84. The van der Waals surface area contributed by atoms with Gasteiger partial charge in [0.15, 0.2) is 12.6 Å². The van der Waals surface area contributed by atoms with Gasteiger partial charge in [-0.1, -0.05) is 0 Å². The van der Waals surface area contributed by atoms with Crippen LogP contribution in [0.1, 0.15) is 0 Å². The molecule has 0 heterocycles. The van der Waals surface area contributed by atoms with E-state index in [1.54, 1.807) is 0 Å². The number of hydrogen-bond donors (Lipinski definition) is 2. The van der Waals surface area contributed by atoms with Gasteiger partial charge in [0.2, 0.25) is 11.5 Å². The van der Waals surface area contributed by atoms with E-state index in [1.165, 1.54) is 0 Å². The quantitative estimate of drug-likeness (QED) is 0.295. The summed E-state index contributed by atoms with van der Waals surface area (Å²) in [7, 11) is 0. The molecule has 0 atom stereocenters. The van der Waals surface area contributed by atoms with Crippen molar-refractivity contribution < 1.29 is 19.8 Å². The highest BCUT2D eigenvalue weighted by molar-refractivity contribution is 5.81. The van der Waals surface area contributed by atoms with Crippen LogP contribution in [0.4, 0.5) is 0 Å². The first-order chi connectivity index (χ1) is 3.72. The lowest BCUT2D eigenvalue weighted by atomic mass is 10.4. The minimum Gasteiger partial charge on any atom is -0.502 e. The van der Waals surface area contributed by atoms with E-state index < -0.39 is 11.5 Å². The molecule has 0 aliphatic rings. The molecular formula is C4H4O4. The molecule has 44 valence electrons. The number of rotatable bonds is 2. The van der Waals surface area contributed by atoms with E-state index in [4.69, 9.17) is 10.2 Å². The second-order valence-electron chi connectivity index (χ2n) is 1.01. The summed E-state index contributed by atoms with van der Waals surface area (Å²) in [4.78, 5) is 19.0. The van der Waals surface area contributed by atoms with Crippen LogP contribution in [0.25, 0.3) is 0 Å². The van der Waals surface area contributed by atoms with E-state index in [9.17, 15) is 9.59 Å². The van der Waals surface area contributed by atoms with Crippen LogP contribution in [-0.4, -0.2) is 22.8 Å². The van der Waals surface area contributed by atoms with Gasteiger partial charge in [-0.25, -0.2) is 0 Å². The van der Waals surface area contributed by atoms with Crippen molar-refractivity contribution in [2.45, 2.75) is 0 Å². The third-order valence-corrected chi connectivity index (χ3v) is 0.486. The number of aliphatic hydroxyl groups excluding tert-OH is 2. The van der Waals surface area contributed by atoms with E-state index in [2.05, 4.69) is 0 Å². The highest BCUT2D eigenvalue weighted by Crippen LogP contribution is 1.86. The third-order valence-electron chi connectivity index (χ3n) is 0.486. The Bertz CT molecular complexity index is 119. The highest BCUT2D eigenvalue weighted by atomic mass is 16.3. The molecule has 0 saturated heterocycles. The van der Waals surface area contributed by atoms with Crippen molar-refractivity contribution in [3.8, 4) is 0 Å². The highest BCUT2D eigenvalue weighted by Gasteiger charge is 1.96. The molecule has 0 aromatic carbocycles. The lowest BCUT2D eigenvalue weighted by Gasteiger charge is -1.84. The van der Waals surface area contributed by atoms with Crippen LogP contribution in [0.3, 0.4) is 0 Å². The number of hydrogen-bond acceptors (Lipinski definition) is 4. The molecule has 0 amide bonds. The van der Waals surface area contributed by atoms with Crippen molar-refractivity contribution in [3.05, 3.63) is 11.5 Å². The second-order valence-corrected chi connectivity index (χ2v) is 1.01. The molecule has 0 spiro atoms. The van der Waals surface area contributed by atoms with Gasteiger partial charge < -0.3 is 10.2 Å². The SMILES string of the molecule is O=CC(O)=C(O)C=O. The largest absolute Gasteiger partial charge is 0.502 e. The normalized spacial score (nSPS) is 12.0. The van der Waals surface area contributed by atoms with Gasteiger partial charge in [-0.15, -0.1) is 0 Å². The predicted molar refractivity (Wildman–Crippen MR) is 24.4 cm³/mol. The molecule has 0 unspecified atom stereocenters. The molecule has 4 heteroatoms. The Morgan fingerprint density at radius 3 is 1.38 bits per heavy atom. The molecule has 0 aliphatic carbocycles. The topological polar surface area (TPSA) is 74.6 Å². The van der Waals surface area contributed by atoms with Crippen LogP contribution < -0.4 is 0 Å². The summed E-state index contributed by atoms with van der Waals surface area (Å²) in [6.07, 6.45) is -0.0481. The Kier molecular flexibility index (Phi) is 2.33. The van der Waals surface area contributed by atoms with E-state index in [0.717, 1.165) is 0 Å². The van der Waals surface area contributed by atoms with Crippen LogP contribution in [-0.2, 0) is 9.59 Å². The summed E-state index contributed by atoms with van der Waals surface area (Å²) < 4.78 is 0. The first-order valence-electron chi connectivity index (χ1n) is 1.75. The van der Waals surface area contributed by atoms with Crippen molar-refractivity contribution in [2.24, 2.45) is 0 Å². The minimum atomic E-state index is -0.944. The van der Waals surface area contributed by atoms with E-state index in [1.807, 2.05) is 0 Å². The van der Waals surface area contributed by atoms with Gasteiger partial charge in [0.25, 0.3) is 0 Å². The number of allylic oxidation sites excluding steroid dienone is 2. The molecule has 4 nitrogen and oxygen atoms in total. The predicted octanol–water partition coefficient (Wildman–Crippen LogP) is -0.288. The second kappa shape index (κ2) is 2.79. The van der Waals surface area contributed by atoms with Gasteiger partial charge in [0.1, 0.15) is 0 Å². The van der Waals surface area contributed by atoms with Gasteiger partial charge in [0, 0.05) is 0 Å². The van der Waals surface area contributed by atoms with Gasteiger partial charge in [-0.3, -0.25) is 9.59 Å². The minimum absolute atomic E-state index is 0.0241. The van der Waals surface area contributed by atoms with Crippen LogP contribution in [0.15, 0.2) is 11.5 Å². The van der Waals surface area contributed by atoms with Crippen molar-refractivity contribution in [3.63, 3.8) is 0 Å².